The van der Waals surface area contributed by atoms with E-state index in [0.29, 0.717) is 6.42 Å². The predicted molar refractivity (Wildman–Crippen MR) is 114 cm³/mol. The number of hydrogen-bond donors (Lipinski definition) is 2. The summed E-state index contributed by atoms with van der Waals surface area (Å²) in [7, 11) is 1.46. The van der Waals surface area contributed by atoms with Gasteiger partial charge in [-0.3, -0.25) is 14.3 Å². The molecule has 3 aromatic rings. The van der Waals surface area contributed by atoms with Gasteiger partial charge in [-0.25, -0.2) is 8.78 Å². The number of halogens is 2. The predicted octanol–water partition coefficient (Wildman–Crippen LogP) is 4.01. The Morgan fingerprint density at radius 2 is 1.74 bits per heavy atom. The number of nitrogens with one attached hydrogen (secondary N) is 2. The number of benzene rings is 2. The molecule has 0 fully saturated rings. The lowest BCUT2D eigenvalue weighted by Crippen LogP contribution is -2.38. The molecule has 2 N–H and O–H groups in total. The van der Waals surface area contributed by atoms with Gasteiger partial charge < -0.3 is 10.6 Å². The van der Waals surface area contributed by atoms with E-state index in [-0.39, 0.29) is 5.69 Å². The molecule has 0 spiro atoms. The highest BCUT2D eigenvalue weighted by Crippen LogP contribution is 2.25. The van der Waals surface area contributed by atoms with E-state index in [2.05, 4.69) is 15.7 Å². The molecule has 31 heavy (non-hydrogen) atoms. The molecule has 0 saturated heterocycles. The van der Waals surface area contributed by atoms with Crippen molar-refractivity contribution >= 4 is 17.5 Å². The summed E-state index contributed by atoms with van der Waals surface area (Å²) in [5.41, 5.74) is 3.23. The molecule has 3 rings (SSSR count). The van der Waals surface area contributed by atoms with Gasteiger partial charge in [0, 0.05) is 13.2 Å². The van der Waals surface area contributed by atoms with Crippen molar-refractivity contribution in [3.8, 4) is 0 Å². The Morgan fingerprint density at radius 3 is 2.39 bits per heavy atom. The molecular formula is C23H24F2N4O2. The first-order valence-corrected chi connectivity index (χ1v) is 9.79. The Balaban J connectivity index is 1.80. The monoisotopic (exact) mass is 426 g/mol. The highest BCUT2D eigenvalue weighted by Gasteiger charge is 2.24. The second kappa shape index (κ2) is 9.51. The molecular weight excluding hydrogens is 402 g/mol. The third-order valence-electron chi connectivity index (χ3n) is 5.04. The lowest BCUT2D eigenvalue weighted by molar-refractivity contribution is -0.136. The summed E-state index contributed by atoms with van der Waals surface area (Å²) in [5.74, 6) is -1.94. The molecule has 0 bridgehead atoms. The van der Waals surface area contributed by atoms with Crippen LogP contribution >= 0.6 is 0 Å². The van der Waals surface area contributed by atoms with Crippen LogP contribution in [0.5, 0.6) is 0 Å². The summed E-state index contributed by atoms with van der Waals surface area (Å²) in [6, 6.07) is 14.9. The second-order valence-electron chi connectivity index (χ2n) is 7.42. The maximum Gasteiger partial charge on any atom is 0.313 e. The van der Waals surface area contributed by atoms with Crippen molar-refractivity contribution in [3.63, 3.8) is 0 Å². The highest BCUT2D eigenvalue weighted by molar-refractivity contribution is 6.39. The van der Waals surface area contributed by atoms with Crippen LogP contribution < -0.4 is 10.6 Å². The van der Waals surface area contributed by atoms with Gasteiger partial charge in [-0.15, -0.1) is 0 Å². The quantitative estimate of drug-likeness (QED) is 0.585. The van der Waals surface area contributed by atoms with E-state index >= 15 is 0 Å². The van der Waals surface area contributed by atoms with E-state index in [0.717, 1.165) is 26.9 Å². The fourth-order valence-electron chi connectivity index (χ4n) is 3.25. The maximum absolute atomic E-state index is 13.1. The van der Waals surface area contributed by atoms with Gasteiger partial charge in [-0.1, -0.05) is 48.5 Å². The van der Waals surface area contributed by atoms with E-state index in [1.807, 2.05) is 62.4 Å². The molecule has 1 unspecified atom stereocenters. The van der Waals surface area contributed by atoms with Crippen molar-refractivity contribution in [2.45, 2.75) is 32.7 Å². The van der Waals surface area contributed by atoms with E-state index in [9.17, 15) is 18.4 Å². The van der Waals surface area contributed by atoms with E-state index < -0.39 is 30.0 Å². The van der Waals surface area contributed by atoms with Crippen molar-refractivity contribution in [2.24, 2.45) is 7.05 Å². The van der Waals surface area contributed by atoms with Crippen molar-refractivity contribution in [3.05, 3.63) is 82.7 Å². The van der Waals surface area contributed by atoms with Gasteiger partial charge in [0.15, 0.2) is 5.69 Å². The molecule has 0 aliphatic carbocycles. The topological polar surface area (TPSA) is 76.0 Å². The first kappa shape index (κ1) is 22.1. The summed E-state index contributed by atoms with van der Waals surface area (Å²) in [4.78, 5) is 25.1. The average molecular weight is 426 g/mol. The molecule has 0 aliphatic heterocycles. The molecule has 1 aromatic heterocycles. The third-order valence-corrected chi connectivity index (χ3v) is 5.04. The molecule has 0 aliphatic rings. The Kier molecular flexibility index (Phi) is 6.79. The van der Waals surface area contributed by atoms with Crippen LogP contribution in [-0.4, -0.2) is 21.6 Å². The summed E-state index contributed by atoms with van der Waals surface area (Å²) < 4.78 is 27.4. The van der Waals surface area contributed by atoms with Gasteiger partial charge >= 0.3 is 11.8 Å². The fraction of sp³-hybridized carbons (Fsp3) is 0.261. The summed E-state index contributed by atoms with van der Waals surface area (Å²) in [6.07, 6.45) is -1.17. The number of aryl methyl sites for hydroxylation is 3. The Morgan fingerprint density at radius 1 is 1.03 bits per heavy atom. The normalized spacial score (nSPS) is 11.9. The number of nitrogens with zero attached hydrogens (tertiary/aromatic N) is 2. The smallest absolute Gasteiger partial charge is 0.313 e. The number of amides is 2. The van der Waals surface area contributed by atoms with Crippen LogP contribution in [0.1, 0.15) is 40.4 Å². The van der Waals surface area contributed by atoms with Crippen molar-refractivity contribution in [2.75, 3.05) is 5.32 Å². The van der Waals surface area contributed by atoms with Gasteiger partial charge in [-0.2, -0.15) is 5.10 Å². The van der Waals surface area contributed by atoms with Crippen LogP contribution in [0.3, 0.4) is 0 Å². The molecule has 8 heteroatoms. The first-order chi connectivity index (χ1) is 14.7. The molecule has 2 aromatic carbocycles. The van der Waals surface area contributed by atoms with Crippen molar-refractivity contribution in [1.82, 2.24) is 15.1 Å². The van der Waals surface area contributed by atoms with Crippen LogP contribution in [0.15, 0.2) is 54.7 Å². The SMILES string of the molecule is Cc1ccc(C(Cc2ccccc2)NC(=O)C(=O)Nc2cn(C)nc2C(F)F)cc1C. The number of aromatic nitrogens is 2. The zero-order chi connectivity index (χ0) is 22.5. The summed E-state index contributed by atoms with van der Waals surface area (Å²) in [6.45, 7) is 3.97. The minimum Gasteiger partial charge on any atom is -0.341 e. The van der Waals surface area contributed by atoms with E-state index in [4.69, 9.17) is 0 Å². The van der Waals surface area contributed by atoms with Crippen LogP contribution in [-0.2, 0) is 23.1 Å². The summed E-state index contributed by atoms with van der Waals surface area (Å²) >= 11 is 0. The van der Waals surface area contributed by atoms with Gasteiger partial charge in [0.05, 0.1) is 11.7 Å². The van der Waals surface area contributed by atoms with Gasteiger partial charge in [0.1, 0.15) is 0 Å². The zero-order valence-electron chi connectivity index (χ0n) is 17.5. The Bertz CT molecular complexity index is 1080. The molecule has 162 valence electrons. The Labute approximate surface area is 179 Å². The van der Waals surface area contributed by atoms with E-state index in [1.165, 1.54) is 13.2 Å². The van der Waals surface area contributed by atoms with Crippen LogP contribution in [0.4, 0.5) is 14.5 Å². The van der Waals surface area contributed by atoms with Gasteiger partial charge in [0.2, 0.25) is 0 Å². The number of anilines is 1. The Hall–Kier alpha value is -3.55. The van der Waals surface area contributed by atoms with Gasteiger partial charge in [-0.05, 0) is 42.5 Å². The van der Waals surface area contributed by atoms with Crippen LogP contribution in [0.2, 0.25) is 0 Å². The van der Waals surface area contributed by atoms with Gasteiger partial charge in [0.25, 0.3) is 6.43 Å². The lowest BCUT2D eigenvalue weighted by atomic mass is 9.96. The fourth-order valence-corrected chi connectivity index (χ4v) is 3.25. The average Bonchev–Trinajstić information content (AvgIpc) is 3.10. The standard InChI is InChI=1S/C23H24F2N4O2/c1-14-9-10-17(11-15(14)2)18(12-16-7-5-4-6-8-16)26-22(30)23(31)27-19-13-29(3)28-20(19)21(24)25/h4-11,13,18,21H,12H2,1-3H3,(H,26,30)(H,27,31). The van der Waals surface area contributed by atoms with Crippen LogP contribution in [0, 0.1) is 13.8 Å². The lowest BCUT2D eigenvalue weighted by Gasteiger charge is -2.20. The maximum atomic E-state index is 13.1. The molecule has 0 radical (unpaired) electrons. The molecule has 2 amide bonds. The van der Waals surface area contributed by atoms with Crippen molar-refractivity contribution < 1.29 is 18.4 Å². The van der Waals surface area contributed by atoms with Crippen LogP contribution in [0.25, 0.3) is 0 Å². The minimum atomic E-state index is -2.87. The summed E-state index contributed by atoms with van der Waals surface area (Å²) in [5, 5.41) is 8.60. The second-order valence-corrected chi connectivity index (χ2v) is 7.42. The molecule has 1 heterocycles. The zero-order valence-corrected chi connectivity index (χ0v) is 17.5. The highest BCUT2D eigenvalue weighted by atomic mass is 19.3. The van der Waals surface area contributed by atoms with Crippen molar-refractivity contribution in [1.29, 1.82) is 0 Å². The number of alkyl halides is 2. The number of carbonyl (C=O) groups is 2. The largest absolute Gasteiger partial charge is 0.341 e. The molecule has 0 saturated carbocycles. The van der Waals surface area contributed by atoms with E-state index in [1.54, 1.807) is 0 Å². The number of carbonyl (C=O) groups excluding carboxylic acids is 2. The molecule has 6 nitrogen and oxygen atoms in total. The molecule has 1 atom stereocenters. The number of hydrogen-bond acceptors (Lipinski definition) is 3. The first-order valence-electron chi connectivity index (χ1n) is 9.79. The minimum absolute atomic E-state index is 0.191. The number of rotatable bonds is 6. The third kappa shape index (κ3) is 5.53.